The van der Waals surface area contributed by atoms with Crippen molar-refractivity contribution in [3.63, 3.8) is 0 Å². The maximum Gasteiger partial charge on any atom is 0.240 e. The quantitative estimate of drug-likeness (QED) is 0.440. The standard InChI is InChI=1S/C27H34N4O3S/c32-27(28-18-19-7-3-1-4-8-19)21-11-13-22(14-12-21)31-35(33,34)23-15-16-24-25(17-23)30-26(29-24)20-9-5-2-6-10-20/h2,5-6,9-10,15-17,19,21-22,31H,1,3-4,7-8,11-14,18H2,(H,28,32)(H,29,30). The molecule has 3 N–H and O–H groups in total. The fourth-order valence-corrected chi connectivity index (χ4v) is 6.76. The van der Waals surface area contributed by atoms with E-state index >= 15 is 0 Å². The Kier molecular flexibility index (Phi) is 7.20. The van der Waals surface area contributed by atoms with Crippen LogP contribution in [0.3, 0.4) is 0 Å². The Bertz CT molecular complexity index is 1260. The highest BCUT2D eigenvalue weighted by molar-refractivity contribution is 7.89. The van der Waals surface area contributed by atoms with Gasteiger partial charge in [-0.3, -0.25) is 4.79 Å². The summed E-state index contributed by atoms with van der Waals surface area (Å²) < 4.78 is 29.0. The normalized spacial score (nSPS) is 21.7. The number of hydrogen-bond donors (Lipinski definition) is 3. The summed E-state index contributed by atoms with van der Waals surface area (Å²) in [4.78, 5) is 20.7. The summed E-state index contributed by atoms with van der Waals surface area (Å²) in [6, 6.07) is 14.6. The summed E-state index contributed by atoms with van der Waals surface area (Å²) in [7, 11) is -3.67. The molecule has 8 heteroatoms. The molecule has 2 saturated carbocycles. The van der Waals surface area contributed by atoms with Crippen molar-refractivity contribution < 1.29 is 13.2 Å². The van der Waals surface area contributed by atoms with Crippen molar-refractivity contribution in [3.05, 3.63) is 48.5 Å². The number of aromatic nitrogens is 2. The van der Waals surface area contributed by atoms with Crippen LogP contribution in [0.4, 0.5) is 0 Å². The Morgan fingerprint density at radius 2 is 1.69 bits per heavy atom. The highest BCUT2D eigenvalue weighted by atomic mass is 32.2. The lowest BCUT2D eigenvalue weighted by Crippen LogP contribution is -2.41. The van der Waals surface area contributed by atoms with E-state index in [2.05, 4.69) is 20.0 Å². The second kappa shape index (κ2) is 10.5. The van der Waals surface area contributed by atoms with Crippen LogP contribution in [0.1, 0.15) is 57.8 Å². The van der Waals surface area contributed by atoms with E-state index in [4.69, 9.17) is 0 Å². The van der Waals surface area contributed by atoms with Crippen LogP contribution in [0.5, 0.6) is 0 Å². The Hall–Kier alpha value is -2.71. The minimum atomic E-state index is -3.67. The number of hydrogen-bond acceptors (Lipinski definition) is 4. The fraction of sp³-hybridized carbons (Fsp3) is 0.481. The van der Waals surface area contributed by atoms with E-state index in [-0.39, 0.29) is 22.8 Å². The van der Waals surface area contributed by atoms with Crippen LogP contribution in [0.25, 0.3) is 22.4 Å². The van der Waals surface area contributed by atoms with E-state index in [0.717, 1.165) is 17.6 Å². The maximum atomic E-state index is 13.1. The minimum absolute atomic E-state index is 0.0166. The number of aromatic amines is 1. The molecular formula is C27H34N4O3S. The van der Waals surface area contributed by atoms with Crippen LogP contribution < -0.4 is 10.0 Å². The topological polar surface area (TPSA) is 104 Å². The summed E-state index contributed by atoms with van der Waals surface area (Å²) in [5.74, 6) is 1.45. The summed E-state index contributed by atoms with van der Waals surface area (Å²) >= 11 is 0. The zero-order valence-electron chi connectivity index (χ0n) is 20.0. The van der Waals surface area contributed by atoms with E-state index < -0.39 is 10.0 Å². The van der Waals surface area contributed by atoms with Crippen molar-refractivity contribution in [2.75, 3.05) is 6.54 Å². The lowest BCUT2D eigenvalue weighted by atomic mass is 9.85. The van der Waals surface area contributed by atoms with Gasteiger partial charge in [0.1, 0.15) is 5.82 Å². The highest BCUT2D eigenvalue weighted by Crippen LogP contribution is 2.28. The van der Waals surface area contributed by atoms with Crippen LogP contribution in [0.2, 0.25) is 0 Å². The number of benzene rings is 2. The third-order valence-electron chi connectivity index (χ3n) is 7.52. The molecule has 2 aliphatic carbocycles. The van der Waals surface area contributed by atoms with E-state index in [1.807, 2.05) is 30.3 Å². The second-order valence-electron chi connectivity index (χ2n) is 10.0. The molecule has 35 heavy (non-hydrogen) atoms. The fourth-order valence-electron chi connectivity index (χ4n) is 5.43. The molecule has 0 aliphatic heterocycles. The number of fused-ring (bicyclic) bond motifs is 1. The minimum Gasteiger partial charge on any atom is -0.356 e. The molecule has 2 aromatic carbocycles. The first kappa shape index (κ1) is 24.0. The number of imidazole rings is 1. The number of H-pyrrole nitrogens is 1. The predicted octanol–water partition coefficient (Wildman–Crippen LogP) is 4.76. The Balaban J connectivity index is 1.17. The van der Waals surface area contributed by atoms with Crippen molar-refractivity contribution in [1.82, 2.24) is 20.0 Å². The molecular weight excluding hydrogens is 460 g/mol. The van der Waals surface area contributed by atoms with Crippen LogP contribution >= 0.6 is 0 Å². The van der Waals surface area contributed by atoms with Gasteiger partial charge in [-0.2, -0.15) is 0 Å². The molecule has 1 amide bonds. The molecule has 3 aromatic rings. The second-order valence-corrected chi connectivity index (χ2v) is 11.8. The molecule has 7 nitrogen and oxygen atoms in total. The van der Waals surface area contributed by atoms with Gasteiger partial charge in [0.2, 0.25) is 15.9 Å². The number of carbonyl (C=O) groups excluding carboxylic acids is 1. The summed E-state index contributed by atoms with van der Waals surface area (Å²) in [6.07, 6.45) is 9.05. The molecule has 0 radical (unpaired) electrons. The largest absolute Gasteiger partial charge is 0.356 e. The molecule has 5 rings (SSSR count). The molecule has 2 fully saturated rings. The van der Waals surface area contributed by atoms with Gasteiger partial charge in [-0.25, -0.2) is 18.1 Å². The lowest BCUT2D eigenvalue weighted by Gasteiger charge is -2.29. The smallest absolute Gasteiger partial charge is 0.240 e. The van der Waals surface area contributed by atoms with Gasteiger partial charge in [0.15, 0.2) is 0 Å². The highest BCUT2D eigenvalue weighted by Gasteiger charge is 2.29. The molecule has 1 aromatic heterocycles. The third kappa shape index (κ3) is 5.76. The zero-order chi connectivity index (χ0) is 24.3. The van der Waals surface area contributed by atoms with E-state index in [1.54, 1.807) is 18.2 Å². The first-order valence-corrected chi connectivity index (χ1v) is 14.3. The number of amides is 1. The van der Waals surface area contributed by atoms with Crippen LogP contribution in [0, 0.1) is 11.8 Å². The van der Waals surface area contributed by atoms with Gasteiger partial charge in [0.25, 0.3) is 0 Å². The van der Waals surface area contributed by atoms with Gasteiger partial charge in [0.05, 0.1) is 15.9 Å². The monoisotopic (exact) mass is 494 g/mol. The molecule has 0 atom stereocenters. The molecule has 186 valence electrons. The van der Waals surface area contributed by atoms with Crippen molar-refractivity contribution in [1.29, 1.82) is 0 Å². The lowest BCUT2D eigenvalue weighted by molar-refractivity contribution is -0.126. The molecule has 2 aliphatic rings. The van der Waals surface area contributed by atoms with Gasteiger partial charge in [-0.05, 0) is 62.6 Å². The average Bonchev–Trinajstić information content (AvgIpc) is 3.32. The van der Waals surface area contributed by atoms with Gasteiger partial charge in [-0.1, -0.05) is 49.6 Å². The third-order valence-corrected chi connectivity index (χ3v) is 9.04. The summed E-state index contributed by atoms with van der Waals surface area (Å²) in [5.41, 5.74) is 2.36. The van der Waals surface area contributed by atoms with Gasteiger partial charge < -0.3 is 10.3 Å². The van der Waals surface area contributed by atoms with Gasteiger partial charge >= 0.3 is 0 Å². The van der Waals surface area contributed by atoms with Gasteiger partial charge in [0, 0.05) is 24.1 Å². The molecule has 0 bridgehead atoms. The summed E-state index contributed by atoms with van der Waals surface area (Å²) in [6.45, 7) is 0.785. The molecule has 0 spiro atoms. The molecule has 0 saturated heterocycles. The Labute approximate surface area is 207 Å². The summed E-state index contributed by atoms with van der Waals surface area (Å²) in [5, 5.41) is 3.15. The van der Waals surface area contributed by atoms with E-state index in [0.29, 0.717) is 42.9 Å². The van der Waals surface area contributed by atoms with Crippen LogP contribution in [0.15, 0.2) is 53.4 Å². The number of carbonyl (C=O) groups is 1. The van der Waals surface area contributed by atoms with Crippen LogP contribution in [-0.4, -0.2) is 36.9 Å². The number of sulfonamides is 1. The Morgan fingerprint density at radius 1 is 0.943 bits per heavy atom. The first-order valence-electron chi connectivity index (χ1n) is 12.8. The van der Waals surface area contributed by atoms with Crippen molar-refractivity contribution in [3.8, 4) is 11.4 Å². The first-order chi connectivity index (χ1) is 17.0. The number of rotatable bonds is 7. The van der Waals surface area contributed by atoms with E-state index in [1.165, 1.54) is 32.1 Å². The van der Waals surface area contributed by atoms with Crippen LogP contribution in [-0.2, 0) is 14.8 Å². The average molecular weight is 495 g/mol. The SMILES string of the molecule is O=C(NCC1CCCCC1)C1CCC(NS(=O)(=O)c2ccc3nc(-c4ccccc4)[nH]c3c2)CC1. The Morgan fingerprint density at radius 3 is 2.43 bits per heavy atom. The number of nitrogens with zero attached hydrogens (tertiary/aromatic N) is 1. The molecule has 0 unspecified atom stereocenters. The maximum absolute atomic E-state index is 13.1. The predicted molar refractivity (Wildman–Crippen MR) is 137 cm³/mol. The molecule has 1 heterocycles. The van der Waals surface area contributed by atoms with Crippen molar-refractivity contribution in [2.45, 2.75) is 68.7 Å². The zero-order valence-corrected chi connectivity index (χ0v) is 20.8. The number of nitrogens with one attached hydrogen (secondary N) is 3. The van der Waals surface area contributed by atoms with E-state index in [9.17, 15) is 13.2 Å². The van der Waals surface area contributed by atoms with Gasteiger partial charge in [-0.15, -0.1) is 0 Å². The van der Waals surface area contributed by atoms with Crippen molar-refractivity contribution >= 4 is 27.0 Å². The van der Waals surface area contributed by atoms with Crippen molar-refractivity contribution in [2.24, 2.45) is 11.8 Å².